The molecule has 0 radical (unpaired) electrons. The number of aryl methyl sites for hydroxylation is 2. The summed E-state index contributed by atoms with van der Waals surface area (Å²) in [5, 5.41) is 4.47. The van der Waals surface area contributed by atoms with Crippen molar-refractivity contribution in [3.8, 4) is 0 Å². The van der Waals surface area contributed by atoms with E-state index in [0.29, 0.717) is 12.1 Å². The van der Waals surface area contributed by atoms with E-state index in [9.17, 15) is 9.59 Å². The number of nitrogens with zero attached hydrogens (tertiary/aromatic N) is 2. The number of hydrogen-bond donors (Lipinski definition) is 1. The number of primary amides is 1. The van der Waals surface area contributed by atoms with E-state index in [1.807, 2.05) is 6.07 Å². The van der Waals surface area contributed by atoms with Crippen molar-refractivity contribution in [2.45, 2.75) is 32.2 Å². The van der Waals surface area contributed by atoms with Crippen LogP contribution in [0, 0.1) is 0 Å². The molecule has 0 saturated heterocycles. The Morgan fingerprint density at radius 2 is 2.05 bits per heavy atom. The average molecular weight is 283 g/mol. The van der Waals surface area contributed by atoms with Crippen LogP contribution < -0.4 is 11.3 Å². The Kier molecular flexibility index (Phi) is 3.56. The second-order valence-corrected chi connectivity index (χ2v) is 5.38. The van der Waals surface area contributed by atoms with Gasteiger partial charge < -0.3 is 5.73 Å². The molecule has 1 heterocycles. The molecule has 2 N–H and O–H groups in total. The fourth-order valence-corrected chi connectivity index (χ4v) is 2.71. The summed E-state index contributed by atoms with van der Waals surface area (Å²) in [5.41, 5.74) is 8.56. The lowest BCUT2D eigenvalue weighted by Gasteiger charge is -2.16. The summed E-state index contributed by atoms with van der Waals surface area (Å²) in [5.74, 6) is -0.470. The maximum absolute atomic E-state index is 12.1. The van der Waals surface area contributed by atoms with Crippen molar-refractivity contribution in [2.75, 3.05) is 0 Å². The maximum atomic E-state index is 12.1. The molecule has 1 aromatic carbocycles. The van der Waals surface area contributed by atoms with Crippen LogP contribution in [0.15, 0.2) is 35.1 Å². The monoisotopic (exact) mass is 283 g/mol. The van der Waals surface area contributed by atoms with Gasteiger partial charge in [-0.15, -0.1) is 0 Å². The second kappa shape index (κ2) is 5.52. The molecule has 0 atom stereocenters. The molecular weight excluding hydrogens is 266 g/mol. The van der Waals surface area contributed by atoms with Crippen LogP contribution in [-0.2, 0) is 19.4 Å². The summed E-state index contributed by atoms with van der Waals surface area (Å²) in [6.07, 6.45) is 4.11. The zero-order valence-corrected chi connectivity index (χ0v) is 11.7. The Balaban J connectivity index is 1.93. The van der Waals surface area contributed by atoms with Crippen molar-refractivity contribution < 1.29 is 4.79 Å². The summed E-state index contributed by atoms with van der Waals surface area (Å²) >= 11 is 0. The lowest BCUT2D eigenvalue weighted by atomic mass is 9.97. The van der Waals surface area contributed by atoms with Crippen molar-refractivity contribution in [3.63, 3.8) is 0 Å². The van der Waals surface area contributed by atoms with Gasteiger partial charge in [-0.3, -0.25) is 9.59 Å². The first-order valence-electron chi connectivity index (χ1n) is 7.12. The molecule has 0 aliphatic heterocycles. The third-order valence-corrected chi connectivity index (χ3v) is 3.82. The van der Waals surface area contributed by atoms with Crippen LogP contribution in [0.4, 0.5) is 0 Å². The molecule has 0 bridgehead atoms. The van der Waals surface area contributed by atoms with E-state index in [4.69, 9.17) is 5.73 Å². The number of carbonyl (C=O) groups excluding carboxylic acids is 1. The molecule has 3 rings (SSSR count). The van der Waals surface area contributed by atoms with Crippen molar-refractivity contribution in [2.24, 2.45) is 5.73 Å². The minimum absolute atomic E-state index is 0.0971. The van der Waals surface area contributed by atoms with Gasteiger partial charge in [0.2, 0.25) is 5.91 Å². The minimum Gasteiger partial charge on any atom is -0.366 e. The van der Waals surface area contributed by atoms with Gasteiger partial charge in [0.15, 0.2) is 0 Å². The van der Waals surface area contributed by atoms with Gasteiger partial charge in [0, 0.05) is 11.6 Å². The van der Waals surface area contributed by atoms with Crippen LogP contribution in [0.25, 0.3) is 0 Å². The van der Waals surface area contributed by atoms with Gasteiger partial charge in [-0.25, -0.2) is 4.68 Å². The molecule has 5 heteroatoms. The number of rotatable bonds is 3. The van der Waals surface area contributed by atoms with Gasteiger partial charge in [-0.2, -0.15) is 5.10 Å². The number of hydrogen-bond acceptors (Lipinski definition) is 3. The highest BCUT2D eigenvalue weighted by Gasteiger charge is 2.13. The van der Waals surface area contributed by atoms with Crippen molar-refractivity contribution >= 4 is 5.91 Å². The molecule has 0 fully saturated rings. The summed E-state index contributed by atoms with van der Waals surface area (Å²) in [7, 11) is 0. The molecule has 0 saturated carbocycles. The molecule has 1 aromatic heterocycles. The number of amides is 1. The number of nitrogens with two attached hydrogens (primary N) is 1. The Bertz CT molecular complexity index is 749. The standard InChI is InChI=1S/C16H17N3O2/c17-16(21)13-6-3-4-11(8-13)10-19-15(20)9-12-5-1-2-7-14(12)18-19/h3-4,6,8-9H,1-2,5,7,10H2,(H2,17,21). The van der Waals surface area contributed by atoms with Crippen LogP contribution in [0.3, 0.4) is 0 Å². The van der Waals surface area contributed by atoms with Gasteiger partial charge >= 0.3 is 0 Å². The minimum atomic E-state index is -0.470. The summed E-state index contributed by atoms with van der Waals surface area (Å²) in [4.78, 5) is 23.3. The number of benzene rings is 1. The summed E-state index contributed by atoms with van der Waals surface area (Å²) < 4.78 is 1.46. The summed E-state index contributed by atoms with van der Waals surface area (Å²) in [6.45, 7) is 0.354. The molecule has 0 spiro atoms. The van der Waals surface area contributed by atoms with E-state index >= 15 is 0 Å². The maximum Gasteiger partial charge on any atom is 0.267 e. The molecular formula is C16H17N3O2. The highest BCUT2D eigenvalue weighted by Crippen LogP contribution is 2.17. The molecule has 1 amide bonds. The SMILES string of the molecule is NC(=O)c1cccc(Cn2nc3c(cc2=O)CCCC3)c1. The lowest BCUT2D eigenvalue weighted by Crippen LogP contribution is -2.26. The van der Waals surface area contributed by atoms with E-state index in [2.05, 4.69) is 5.10 Å². The first-order valence-corrected chi connectivity index (χ1v) is 7.12. The Morgan fingerprint density at radius 1 is 1.24 bits per heavy atom. The first kappa shape index (κ1) is 13.5. The van der Waals surface area contributed by atoms with Crippen LogP contribution >= 0.6 is 0 Å². The molecule has 1 aliphatic carbocycles. The third-order valence-electron chi connectivity index (χ3n) is 3.82. The molecule has 21 heavy (non-hydrogen) atoms. The number of fused-ring (bicyclic) bond motifs is 1. The van der Waals surface area contributed by atoms with Crippen molar-refractivity contribution in [3.05, 3.63) is 63.1 Å². The highest BCUT2D eigenvalue weighted by molar-refractivity contribution is 5.92. The van der Waals surface area contributed by atoms with E-state index < -0.39 is 5.91 Å². The van der Waals surface area contributed by atoms with Crippen LogP contribution in [0.1, 0.15) is 40.0 Å². The lowest BCUT2D eigenvalue weighted by molar-refractivity contribution is 0.1000. The van der Waals surface area contributed by atoms with E-state index in [0.717, 1.165) is 42.5 Å². The van der Waals surface area contributed by atoms with E-state index in [-0.39, 0.29) is 5.56 Å². The molecule has 1 aliphatic rings. The first-order chi connectivity index (χ1) is 10.1. The van der Waals surface area contributed by atoms with Crippen LogP contribution in [0.2, 0.25) is 0 Å². The van der Waals surface area contributed by atoms with Gasteiger partial charge in [-0.1, -0.05) is 12.1 Å². The van der Waals surface area contributed by atoms with E-state index in [1.54, 1.807) is 24.3 Å². The number of aromatic nitrogens is 2. The van der Waals surface area contributed by atoms with Crippen molar-refractivity contribution in [1.82, 2.24) is 9.78 Å². The summed E-state index contributed by atoms with van der Waals surface area (Å²) in [6, 6.07) is 8.68. The second-order valence-electron chi connectivity index (χ2n) is 5.38. The Labute approximate surface area is 122 Å². The van der Waals surface area contributed by atoms with Gasteiger partial charge in [0.05, 0.1) is 12.2 Å². The van der Waals surface area contributed by atoms with Gasteiger partial charge in [-0.05, 0) is 48.9 Å². The van der Waals surface area contributed by atoms with E-state index in [1.165, 1.54) is 4.68 Å². The Hall–Kier alpha value is -2.43. The molecule has 108 valence electrons. The normalized spacial score (nSPS) is 13.7. The topological polar surface area (TPSA) is 78.0 Å². The zero-order chi connectivity index (χ0) is 14.8. The molecule has 2 aromatic rings. The predicted molar refractivity (Wildman–Crippen MR) is 79.2 cm³/mol. The number of carbonyl (C=O) groups is 1. The van der Waals surface area contributed by atoms with Crippen LogP contribution in [-0.4, -0.2) is 15.7 Å². The fraction of sp³-hybridized carbons (Fsp3) is 0.312. The quantitative estimate of drug-likeness (QED) is 0.921. The highest BCUT2D eigenvalue weighted by atomic mass is 16.1. The van der Waals surface area contributed by atoms with Gasteiger partial charge in [0.25, 0.3) is 5.56 Å². The van der Waals surface area contributed by atoms with Crippen LogP contribution in [0.5, 0.6) is 0 Å². The zero-order valence-electron chi connectivity index (χ0n) is 11.7. The molecule has 0 unspecified atom stereocenters. The largest absolute Gasteiger partial charge is 0.366 e. The third kappa shape index (κ3) is 2.86. The fourth-order valence-electron chi connectivity index (χ4n) is 2.71. The predicted octanol–water partition coefficient (Wildman–Crippen LogP) is 1.27. The molecule has 5 nitrogen and oxygen atoms in total. The van der Waals surface area contributed by atoms with Gasteiger partial charge in [0.1, 0.15) is 0 Å². The van der Waals surface area contributed by atoms with Crippen molar-refractivity contribution in [1.29, 1.82) is 0 Å². The average Bonchev–Trinajstić information content (AvgIpc) is 2.48. The Morgan fingerprint density at radius 3 is 2.86 bits per heavy atom. The smallest absolute Gasteiger partial charge is 0.267 e.